The summed E-state index contributed by atoms with van der Waals surface area (Å²) >= 11 is 6.37. The molecule has 29 heavy (non-hydrogen) atoms. The molecule has 0 saturated carbocycles. The number of fused-ring (bicyclic) bond motifs is 1. The summed E-state index contributed by atoms with van der Waals surface area (Å²) in [5.41, 5.74) is 1.80. The van der Waals surface area contributed by atoms with Gasteiger partial charge in [-0.3, -0.25) is 0 Å². The lowest BCUT2D eigenvalue weighted by Gasteiger charge is -2.18. The standard InChI is InChI=1S/C23H15ClN3O2/c1-15-7-6-10-18-20(15)26(2)23(29)27(22(18)28)21-19(24)13-17(14-25-21)12-11-16-8-4-3-5-9-16/h3-10,13-14H,1H2,2H3/q+1. The maximum Gasteiger partial charge on any atom is 0.507 e. The summed E-state index contributed by atoms with van der Waals surface area (Å²) in [6.07, 6.45) is 1.49. The summed E-state index contributed by atoms with van der Waals surface area (Å²) in [4.78, 5) is 31.1. The predicted octanol–water partition coefficient (Wildman–Crippen LogP) is 2.45. The fourth-order valence-corrected chi connectivity index (χ4v) is 3.38. The number of rotatable bonds is 1. The molecule has 3 amide bonds. The van der Waals surface area contributed by atoms with Crippen LogP contribution in [0.25, 0.3) is 6.58 Å². The van der Waals surface area contributed by atoms with E-state index in [-0.39, 0.29) is 10.8 Å². The molecule has 1 aliphatic rings. The Balaban J connectivity index is 1.75. The van der Waals surface area contributed by atoms with Crippen LogP contribution < -0.4 is 20.1 Å². The number of para-hydroxylation sites is 1. The van der Waals surface area contributed by atoms with Gasteiger partial charge >= 0.3 is 11.9 Å². The molecule has 2 heterocycles. The van der Waals surface area contributed by atoms with Crippen LogP contribution in [-0.2, 0) is 0 Å². The maximum absolute atomic E-state index is 13.0. The van der Waals surface area contributed by atoms with E-state index >= 15 is 0 Å². The Morgan fingerprint density at radius 3 is 2.48 bits per heavy atom. The number of amides is 3. The summed E-state index contributed by atoms with van der Waals surface area (Å²) in [6, 6.07) is 15.7. The van der Waals surface area contributed by atoms with Crippen molar-refractivity contribution in [2.45, 2.75) is 0 Å². The van der Waals surface area contributed by atoms with Crippen molar-refractivity contribution in [1.82, 2.24) is 9.56 Å². The van der Waals surface area contributed by atoms with Crippen LogP contribution in [0.1, 0.15) is 21.5 Å². The van der Waals surface area contributed by atoms with Crippen molar-refractivity contribution in [3.8, 4) is 11.8 Å². The van der Waals surface area contributed by atoms with Crippen LogP contribution in [-0.4, -0.2) is 24.0 Å². The molecule has 0 fully saturated rings. The molecule has 0 saturated heterocycles. The minimum absolute atomic E-state index is 0.0684. The number of pyridine rings is 1. The summed E-state index contributed by atoms with van der Waals surface area (Å²) in [5.74, 6) is 5.58. The highest BCUT2D eigenvalue weighted by Gasteiger charge is 2.42. The molecule has 1 aromatic heterocycles. The van der Waals surface area contributed by atoms with Crippen molar-refractivity contribution in [1.29, 1.82) is 0 Å². The Labute approximate surface area is 172 Å². The van der Waals surface area contributed by atoms with Crippen LogP contribution in [0.5, 0.6) is 0 Å². The first kappa shape index (κ1) is 18.6. The van der Waals surface area contributed by atoms with Crippen LogP contribution in [0.4, 0.5) is 10.6 Å². The van der Waals surface area contributed by atoms with E-state index in [0.717, 1.165) is 10.5 Å². The molecule has 0 aliphatic carbocycles. The van der Waals surface area contributed by atoms with E-state index in [1.807, 2.05) is 30.3 Å². The van der Waals surface area contributed by atoms with Gasteiger partial charge in [0, 0.05) is 22.5 Å². The molecule has 0 atom stereocenters. The van der Waals surface area contributed by atoms with E-state index in [2.05, 4.69) is 23.4 Å². The van der Waals surface area contributed by atoms with Gasteiger partial charge < -0.3 is 0 Å². The largest absolute Gasteiger partial charge is 0.507 e. The molecule has 4 rings (SSSR count). The van der Waals surface area contributed by atoms with Gasteiger partial charge in [-0.15, -0.1) is 4.90 Å². The summed E-state index contributed by atoms with van der Waals surface area (Å²) < 4.78 is 1.38. The molecule has 0 N–H and O–H groups in total. The minimum Gasteiger partial charge on any atom is -0.240 e. The van der Waals surface area contributed by atoms with Crippen LogP contribution in [0, 0.1) is 11.8 Å². The van der Waals surface area contributed by atoms with Gasteiger partial charge in [0.1, 0.15) is 10.6 Å². The van der Waals surface area contributed by atoms with Gasteiger partial charge in [0.25, 0.3) is 5.82 Å². The molecule has 3 aromatic rings. The minimum atomic E-state index is -0.545. The molecule has 0 bridgehead atoms. The molecule has 5 nitrogen and oxygen atoms in total. The van der Waals surface area contributed by atoms with E-state index in [9.17, 15) is 9.59 Å². The monoisotopic (exact) mass is 400 g/mol. The Bertz CT molecular complexity index is 1340. The first-order valence-corrected chi connectivity index (χ1v) is 9.15. The summed E-state index contributed by atoms with van der Waals surface area (Å²) in [6.45, 7) is 3.90. The number of benzene rings is 2. The molecular formula is C23H15ClN3O2+. The fraction of sp³-hybridized carbons (Fsp3) is 0.0435. The number of aromatic nitrogens is 1. The van der Waals surface area contributed by atoms with Crippen molar-refractivity contribution in [3.63, 3.8) is 0 Å². The average Bonchev–Trinajstić information content (AvgIpc) is 2.72. The quantitative estimate of drug-likeness (QED) is 0.465. The van der Waals surface area contributed by atoms with Crippen molar-refractivity contribution in [2.24, 2.45) is 0 Å². The number of imide groups is 1. The number of urea groups is 1. The van der Waals surface area contributed by atoms with Crippen molar-refractivity contribution >= 4 is 35.9 Å². The molecule has 1 aliphatic heterocycles. The van der Waals surface area contributed by atoms with Crippen LogP contribution in [0.3, 0.4) is 0 Å². The zero-order valence-electron chi connectivity index (χ0n) is 15.5. The molecule has 0 unspecified atom stereocenters. The van der Waals surface area contributed by atoms with E-state index < -0.39 is 11.9 Å². The maximum atomic E-state index is 13.0. The third-order valence-corrected chi connectivity index (χ3v) is 4.80. The third kappa shape index (κ3) is 3.31. The topological polar surface area (TPSA) is 53.3 Å². The Morgan fingerprint density at radius 1 is 1.03 bits per heavy atom. The zero-order chi connectivity index (χ0) is 20.5. The SMILES string of the molecule is C=c1cccc2c1=[N+](C)C(=O)N(c1ncc(C#Cc3ccccc3)cc1Cl)C2=O. The van der Waals surface area contributed by atoms with E-state index in [0.29, 0.717) is 21.7 Å². The van der Waals surface area contributed by atoms with Crippen molar-refractivity contribution in [2.75, 3.05) is 11.9 Å². The van der Waals surface area contributed by atoms with Gasteiger partial charge in [0.2, 0.25) is 0 Å². The second kappa shape index (κ2) is 7.34. The van der Waals surface area contributed by atoms with Gasteiger partial charge in [-0.1, -0.05) is 60.4 Å². The number of halogens is 1. The number of carbonyl (C=O) groups is 2. The third-order valence-electron chi connectivity index (χ3n) is 4.53. The van der Waals surface area contributed by atoms with Crippen LogP contribution >= 0.6 is 11.6 Å². The Morgan fingerprint density at radius 2 is 1.76 bits per heavy atom. The van der Waals surface area contributed by atoms with Crippen LogP contribution in [0.15, 0.2) is 60.8 Å². The van der Waals surface area contributed by atoms with Crippen LogP contribution in [0.2, 0.25) is 5.02 Å². The highest BCUT2D eigenvalue weighted by atomic mass is 35.5. The fourth-order valence-electron chi connectivity index (χ4n) is 3.13. The van der Waals surface area contributed by atoms with E-state index in [1.54, 1.807) is 31.3 Å². The second-order valence-electron chi connectivity index (χ2n) is 6.44. The highest BCUT2D eigenvalue weighted by molar-refractivity contribution is 6.35. The van der Waals surface area contributed by atoms with Gasteiger partial charge in [0.15, 0.2) is 5.36 Å². The molecule has 0 radical (unpaired) electrons. The molecule has 6 heteroatoms. The molecule has 2 aromatic carbocycles. The van der Waals surface area contributed by atoms with Gasteiger partial charge in [-0.25, -0.2) is 9.78 Å². The van der Waals surface area contributed by atoms with E-state index in [1.165, 1.54) is 10.8 Å². The molecule has 0 spiro atoms. The first-order chi connectivity index (χ1) is 14.0. The number of anilines is 1. The first-order valence-electron chi connectivity index (χ1n) is 8.77. The average molecular weight is 401 g/mol. The lowest BCUT2D eigenvalue weighted by Crippen LogP contribution is -2.57. The number of hydrogen-bond donors (Lipinski definition) is 0. The van der Waals surface area contributed by atoms with Crippen molar-refractivity contribution in [3.05, 3.63) is 93.1 Å². The predicted molar refractivity (Wildman–Crippen MR) is 112 cm³/mol. The number of carbonyl (C=O) groups excluding carboxylic acids is 2. The van der Waals surface area contributed by atoms with Gasteiger partial charge in [0.05, 0.1) is 7.05 Å². The van der Waals surface area contributed by atoms with Gasteiger partial charge in [-0.05, 0) is 24.3 Å². The lowest BCUT2D eigenvalue weighted by atomic mass is 10.1. The zero-order valence-corrected chi connectivity index (χ0v) is 16.3. The summed E-state index contributed by atoms with van der Waals surface area (Å²) in [7, 11) is 1.59. The number of hydrogen-bond acceptors (Lipinski definition) is 3. The second-order valence-corrected chi connectivity index (χ2v) is 6.85. The van der Waals surface area contributed by atoms with E-state index in [4.69, 9.17) is 11.6 Å². The number of nitrogens with zero attached hydrogens (tertiary/aromatic N) is 3. The Hall–Kier alpha value is -3.75. The summed E-state index contributed by atoms with van der Waals surface area (Å²) in [5, 5.41) is 1.24. The molecule has 140 valence electrons. The highest BCUT2D eigenvalue weighted by Crippen LogP contribution is 2.26. The molecular weight excluding hydrogens is 386 g/mol. The normalized spacial score (nSPS) is 13.0. The Kier molecular flexibility index (Phi) is 4.71. The van der Waals surface area contributed by atoms with Gasteiger partial charge in [-0.2, -0.15) is 9.37 Å². The lowest BCUT2D eigenvalue weighted by molar-refractivity contribution is 0.0985. The van der Waals surface area contributed by atoms with Crippen molar-refractivity contribution < 1.29 is 9.59 Å². The smallest absolute Gasteiger partial charge is 0.240 e.